The van der Waals surface area contributed by atoms with Crippen molar-refractivity contribution in [1.29, 1.82) is 0 Å². The molecule has 4 aromatic rings. The fourth-order valence-electron chi connectivity index (χ4n) is 3.77. The Labute approximate surface area is 209 Å². The van der Waals surface area contributed by atoms with Crippen molar-refractivity contribution in [3.05, 3.63) is 101 Å². The van der Waals surface area contributed by atoms with Gasteiger partial charge < -0.3 is 20.5 Å². The van der Waals surface area contributed by atoms with Crippen LogP contribution in [0.1, 0.15) is 34.5 Å². The molecule has 0 aliphatic heterocycles. The summed E-state index contributed by atoms with van der Waals surface area (Å²) in [7, 11) is 0. The number of nitrogens with zero attached hydrogens (tertiary/aromatic N) is 1. The molecule has 6 nitrogen and oxygen atoms in total. The molecule has 0 aliphatic rings. The minimum absolute atomic E-state index is 0.119. The minimum Gasteiger partial charge on any atom is -0.457 e. The molecule has 35 heavy (non-hydrogen) atoms. The predicted octanol–water partition coefficient (Wildman–Crippen LogP) is 5.30. The van der Waals surface area contributed by atoms with E-state index in [1.54, 1.807) is 30.5 Å². The Balaban J connectivity index is 1.32. The summed E-state index contributed by atoms with van der Waals surface area (Å²) in [6.07, 6.45) is 1.90. The Morgan fingerprint density at radius 1 is 1.09 bits per heavy atom. The molecule has 0 radical (unpaired) electrons. The summed E-state index contributed by atoms with van der Waals surface area (Å²) in [5, 5.41) is 17.8. The molecule has 4 rings (SSSR count). The van der Waals surface area contributed by atoms with Crippen LogP contribution >= 0.6 is 11.6 Å². The Morgan fingerprint density at radius 3 is 2.69 bits per heavy atom. The van der Waals surface area contributed by atoms with Gasteiger partial charge in [-0.05, 0) is 79.5 Å². The normalized spacial score (nSPS) is 11.9. The number of fused-ring (bicyclic) bond motifs is 1. The number of ether oxygens (including phenoxy) is 1. The van der Waals surface area contributed by atoms with E-state index in [9.17, 15) is 9.90 Å². The van der Waals surface area contributed by atoms with Crippen LogP contribution in [0.15, 0.2) is 79.0 Å². The van der Waals surface area contributed by atoms with Crippen LogP contribution in [0.25, 0.3) is 10.9 Å². The molecule has 0 saturated heterocycles. The maximum absolute atomic E-state index is 12.1. The van der Waals surface area contributed by atoms with Crippen molar-refractivity contribution in [2.75, 3.05) is 19.6 Å². The van der Waals surface area contributed by atoms with Gasteiger partial charge in [0.05, 0.1) is 11.6 Å². The second-order valence-electron chi connectivity index (χ2n) is 8.17. The van der Waals surface area contributed by atoms with E-state index in [4.69, 9.17) is 16.3 Å². The molecule has 0 bridgehead atoms. The molecule has 180 valence electrons. The number of hydrogen-bond acceptors (Lipinski definition) is 5. The van der Waals surface area contributed by atoms with Crippen LogP contribution in [0.4, 0.5) is 0 Å². The highest BCUT2D eigenvalue weighted by Crippen LogP contribution is 2.29. The Morgan fingerprint density at radius 2 is 1.91 bits per heavy atom. The van der Waals surface area contributed by atoms with Crippen LogP contribution in [-0.2, 0) is 6.42 Å². The minimum atomic E-state index is -0.600. The fraction of sp³-hybridized carbons (Fsp3) is 0.214. The quantitative estimate of drug-likeness (QED) is 0.263. The van der Waals surface area contributed by atoms with Crippen molar-refractivity contribution in [1.82, 2.24) is 15.6 Å². The molecule has 1 atom stereocenters. The van der Waals surface area contributed by atoms with Crippen molar-refractivity contribution in [2.45, 2.75) is 19.4 Å². The molecule has 1 aromatic heterocycles. The summed E-state index contributed by atoms with van der Waals surface area (Å²) in [5.41, 5.74) is 3.24. The van der Waals surface area contributed by atoms with E-state index in [0.717, 1.165) is 35.2 Å². The molecule has 0 saturated carbocycles. The number of rotatable bonds is 10. The Bertz CT molecular complexity index is 1290. The van der Waals surface area contributed by atoms with E-state index in [2.05, 4.69) is 15.6 Å². The molecule has 1 amide bonds. The zero-order chi connectivity index (χ0) is 24.6. The number of nitrogens with one attached hydrogen (secondary N) is 2. The first kappa shape index (κ1) is 24.7. The lowest BCUT2D eigenvalue weighted by atomic mass is 10.1. The van der Waals surface area contributed by atoms with Crippen LogP contribution in [-0.4, -0.2) is 35.6 Å². The van der Waals surface area contributed by atoms with Crippen molar-refractivity contribution >= 4 is 28.4 Å². The van der Waals surface area contributed by atoms with Gasteiger partial charge in [-0.15, -0.1) is 0 Å². The number of aliphatic hydroxyl groups excluding tert-OH is 1. The lowest BCUT2D eigenvalue weighted by Crippen LogP contribution is -2.23. The third kappa shape index (κ3) is 6.57. The van der Waals surface area contributed by atoms with Crippen molar-refractivity contribution in [3.8, 4) is 11.5 Å². The van der Waals surface area contributed by atoms with Gasteiger partial charge in [-0.25, -0.2) is 0 Å². The topological polar surface area (TPSA) is 83.5 Å². The molecular weight excluding hydrogens is 462 g/mol. The van der Waals surface area contributed by atoms with Gasteiger partial charge in [0.15, 0.2) is 0 Å². The van der Waals surface area contributed by atoms with Gasteiger partial charge >= 0.3 is 0 Å². The molecule has 0 fully saturated rings. The van der Waals surface area contributed by atoms with Gasteiger partial charge in [-0.2, -0.15) is 0 Å². The molecule has 3 N–H and O–H groups in total. The number of carbonyl (C=O) groups excluding carboxylic acids is 1. The highest BCUT2D eigenvalue weighted by atomic mass is 35.5. The average Bonchev–Trinajstić information content (AvgIpc) is 2.87. The number of benzene rings is 3. The van der Waals surface area contributed by atoms with Gasteiger partial charge in [0.1, 0.15) is 11.5 Å². The summed E-state index contributed by atoms with van der Waals surface area (Å²) in [4.78, 5) is 16.5. The standard InChI is InChI=1S/C28H28ClN3O3/c1-2-31-28(34)21-8-11-24-25(17-21)32-15-13-27(24)35-23-9-6-19(7-10-23)12-14-30-18-26(33)20-4-3-5-22(29)16-20/h3-11,13,15-17,26,30,33H,2,12,14,18H2,1H3,(H,31,34)/t26-/m1/s1. The van der Waals surface area contributed by atoms with E-state index in [-0.39, 0.29) is 5.91 Å². The fourth-order valence-corrected chi connectivity index (χ4v) is 3.97. The first-order valence-electron chi connectivity index (χ1n) is 11.6. The second kappa shape index (κ2) is 11.8. The van der Waals surface area contributed by atoms with Gasteiger partial charge in [0.25, 0.3) is 5.91 Å². The van der Waals surface area contributed by atoms with Crippen LogP contribution in [0, 0.1) is 0 Å². The second-order valence-corrected chi connectivity index (χ2v) is 8.61. The summed E-state index contributed by atoms with van der Waals surface area (Å²) in [6, 6.07) is 22.4. The maximum atomic E-state index is 12.1. The molecule has 0 aliphatic carbocycles. The van der Waals surface area contributed by atoms with Crippen molar-refractivity contribution in [2.24, 2.45) is 0 Å². The number of amides is 1. The van der Waals surface area contributed by atoms with E-state index in [1.165, 1.54) is 0 Å². The van der Waals surface area contributed by atoms with E-state index in [0.29, 0.717) is 34.9 Å². The van der Waals surface area contributed by atoms with Gasteiger partial charge in [0.2, 0.25) is 0 Å². The summed E-state index contributed by atoms with van der Waals surface area (Å²) in [6.45, 7) is 3.65. The predicted molar refractivity (Wildman–Crippen MR) is 139 cm³/mol. The van der Waals surface area contributed by atoms with Crippen LogP contribution in [0.5, 0.6) is 11.5 Å². The SMILES string of the molecule is CCNC(=O)c1ccc2c(Oc3ccc(CCNC[C@@H](O)c4cccc(Cl)c4)cc3)ccnc2c1. The highest BCUT2D eigenvalue weighted by molar-refractivity contribution is 6.30. The number of pyridine rings is 1. The Hall–Kier alpha value is -3.45. The number of aliphatic hydroxyl groups is 1. The van der Waals surface area contributed by atoms with E-state index >= 15 is 0 Å². The summed E-state index contributed by atoms with van der Waals surface area (Å²) in [5.74, 6) is 1.28. The first-order chi connectivity index (χ1) is 17.0. The molecule has 3 aromatic carbocycles. The molecular formula is C28H28ClN3O3. The average molecular weight is 490 g/mol. The molecule has 7 heteroatoms. The van der Waals surface area contributed by atoms with Crippen molar-refractivity contribution in [3.63, 3.8) is 0 Å². The number of hydrogen-bond donors (Lipinski definition) is 3. The zero-order valence-electron chi connectivity index (χ0n) is 19.5. The largest absolute Gasteiger partial charge is 0.457 e. The highest BCUT2D eigenvalue weighted by Gasteiger charge is 2.10. The molecule has 0 spiro atoms. The smallest absolute Gasteiger partial charge is 0.251 e. The third-order valence-electron chi connectivity index (χ3n) is 5.61. The van der Waals surface area contributed by atoms with Gasteiger partial charge in [0, 0.05) is 35.3 Å². The Kier molecular flexibility index (Phi) is 8.32. The summed E-state index contributed by atoms with van der Waals surface area (Å²) < 4.78 is 6.11. The van der Waals surface area contributed by atoms with Crippen LogP contribution in [0.2, 0.25) is 5.02 Å². The number of aromatic nitrogens is 1. The zero-order valence-corrected chi connectivity index (χ0v) is 20.3. The van der Waals surface area contributed by atoms with Gasteiger partial charge in [-0.1, -0.05) is 35.9 Å². The van der Waals surface area contributed by atoms with Crippen LogP contribution in [0.3, 0.4) is 0 Å². The third-order valence-corrected chi connectivity index (χ3v) is 5.85. The number of halogens is 1. The van der Waals surface area contributed by atoms with Gasteiger partial charge in [-0.3, -0.25) is 9.78 Å². The van der Waals surface area contributed by atoms with Crippen molar-refractivity contribution < 1.29 is 14.6 Å². The van der Waals surface area contributed by atoms with E-state index < -0.39 is 6.10 Å². The van der Waals surface area contributed by atoms with E-state index in [1.807, 2.05) is 55.5 Å². The summed E-state index contributed by atoms with van der Waals surface area (Å²) >= 11 is 5.99. The maximum Gasteiger partial charge on any atom is 0.251 e. The lowest BCUT2D eigenvalue weighted by molar-refractivity contribution is 0.0956. The molecule has 0 unspecified atom stereocenters. The lowest BCUT2D eigenvalue weighted by Gasteiger charge is -2.13. The number of carbonyl (C=O) groups is 1. The monoisotopic (exact) mass is 489 g/mol. The van der Waals surface area contributed by atoms with Crippen LogP contribution < -0.4 is 15.4 Å². The molecule has 1 heterocycles. The first-order valence-corrected chi connectivity index (χ1v) is 12.0.